The average molecular weight is 481 g/mol. The molecule has 0 aliphatic heterocycles. The number of ether oxygens (including phenoxy) is 2. The van der Waals surface area contributed by atoms with Crippen molar-refractivity contribution in [3.8, 4) is 0 Å². The van der Waals surface area contributed by atoms with Crippen molar-refractivity contribution >= 4 is 28.8 Å². The van der Waals surface area contributed by atoms with Crippen molar-refractivity contribution in [1.29, 1.82) is 0 Å². The number of fused-ring (bicyclic) bond motifs is 5. The second-order valence-electron chi connectivity index (χ2n) is 12.1. The van der Waals surface area contributed by atoms with Crippen molar-refractivity contribution < 1.29 is 23.9 Å². The fourth-order valence-electron chi connectivity index (χ4n) is 9.23. The van der Waals surface area contributed by atoms with Gasteiger partial charge in [-0.3, -0.25) is 14.4 Å². The Hall–Kier alpha value is -1.10. The normalized spacial score (nSPS) is 45.2. The lowest BCUT2D eigenvalue weighted by atomic mass is 9.43. The van der Waals surface area contributed by atoms with Crippen LogP contribution < -0.4 is 0 Å². The zero-order chi connectivity index (χ0) is 24.1. The molecule has 4 fully saturated rings. The van der Waals surface area contributed by atoms with Gasteiger partial charge in [-0.25, -0.2) is 0 Å². The Morgan fingerprint density at radius 2 is 1.64 bits per heavy atom. The van der Waals surface area contributed by atoms with Crippen molar-refractivity contribution in [2.75, 3.05) is 0 Å². The second kappa shape index (κ2) is 9.17. The molecule has 4 aliphatic rings. The highest BCUT2D eigenvalue weighted by molar-refractivity contribution is 6.63. The van der Waals surface area contributed by atoms with E-state index in [4.69, 9.17) is 21.1 Å². The van der Waals surface area contributed by atoms with Crippen LogP contribution in [0.25, 0.3) is 0 Å². The monoisotopic (exact) mass is 480 g/mol. The van der Waals surface area contributed by atoms with Gasteiger partial charge >= 0.3 is 11.9 Å². The first kappa shape index (κ1) is 25.0. The molecule has 0 amide bonds. The van der Waals surface area contributed by atoms with E-state index in [1.165, 1.54) is 26.7 Å². The zero-order valence-corrected chi connectivity index (χ0v) is 21.7. The number of hydrogen-bond donors (Lipinski definition) is 0. The topological polar surface area (TPSA) is 69.7 Å². The van der Waals surface area contributed by atoms with E-state index in [1.807, 2.05) is 0 Å². The van der Waals surface area contributed by atoms with Crippen LogP contribution in [0.3, 0.4) is 0 Å². The standard InChI is InChI=1S/C27H41ClO5/c1-15(12-25(28)31)21-8-9-22-20-7-6-18-13-19(32-16(2)29)10-11-26(18,4)23(20)14-24(27(21,22)5)33-17(3)30/h15,18-24H,6-14H2,1-5H3/t15-,18?,19-,20+,21-,22+,23+,24+,26+,27-/m1/s1. The highest BCUT2D eigenvalue weighted by Gasteiger charge is 2.65. The van der Waals surface area contributed by atoms with E-state index in [1.54, 1.807) is 0 Å². The minimum Gasteiger partial charge on any atom is -0.463 e. The highest BCUT2D eigenvalue weighted by atomic mass is 35.5. The maximum Gasteiger partial charge on any atom is 0.302 e. The molecule has 0 saturated heterocycles. The molecule has 1 unspecified atom stereocenters. The van der Waals surface area contributed by atoms with Gasteiger partial charge in [-0.2, -0.15) is 0 Å². The SMILES string of the molecule is CC(=O)O[C@@H]1CC[C@@]2(C)C(CC[C@H]3[C@@H]4CC[C@H]([C@H](C)CC(=O)Cl)[C@@]4(C)[C@@H](OC(C)=O)C[C@@H]32)C1. The Morgan fingerprint density at radius 1 is 0.939 bits per heavy atom. The predicted octanol–water partition coefficient (Wildman–Crippen LogP) is 5.91. The summed E-state index contributed by atoms with van der Waals surface area (Å²) in [7, 11) is 0. The van der Waals surface area contributed by atoms with E-state index in [0.717, 1.165) is 38.5 Å². The van der Waals surface area contributed by atoms with Crippen molar-refractivity contribution in [3.63, 3.8) is 0 Å². The van der Waals surface area contributed by atoms with Crippen LogP contribution in [0, 0.1) is 46.3 Å². The fourth-order valence-corrected chi connectivity index (χ4v) is 9.47. The van der Waals surface area contributed by atoms with Gasteiger partial charge in [0.05, 0.1) is 0 Å². The summed E-state index contributed by atoms with van der Waals surface area (Å²) in [5.41, 5.74) is 0.0752. The molecule has 0 radical (unpaired) electrons. The molecule has 6 heteroatoms. The van der Waals surface area contributed by atoms with Gasteiger partial charge in [0.2, 0.25) is 5.24 Å². The van der Waals surface area contributed by atoms with Crippen LogP contribution >= 0.6 is 11.6 Å². The number of rotatable bonds is 5. The van der Waals surface area contributed by atoms with Gasteiger partial charge < -0.3 is 9.47 Å². The van der Waals surface area contributed by atoms with Crippen molar-refractivity contribution in [2.24, 2.45) is 46.3 Å². The third-order valence-electron chi connectivity index (χ3n) is 10.6. The molecular formula is C27H41ClO5. The number of carbonyl (C=O) groups excluding carboxylic acids is 3. The first-order valence-electron chi connectivity index (χ1n) is 13.0. The van der Waals surface area contributed by atoms with Crippen LogP contribution in [-0.2, 0) is 23.9 Å². The van der Waals surface area contributed by atoms with Crippen LogP contribution in [0.15, 0.2) is 0 Å². The van der Waals surface area contributed by atoms with Crippen molar-refractivity contribution in [2.45, 2.75) is 105 Å². The van der Waals surface area contributed by atoms with Crippen LogP contribution in [-0.4, -0.2) is 29.4 Å². The summed E-state index contributed by atoms with van der Waals surface area (Å²) < 4.78 is 11.7. The third kappa shape index (κ3) is 4.36. The lowest BCUT2D eigenvalue weighted by Gasteiger charge is -2.62. The van der Waals surface area contributed by atoms with Crippen LogP contribution in [0.4, 0.5) is 0 Å². The molecule has 4 saturated carbocycles. The quantitative estimate of drug-likeness (QED) is 0.361. The first-order valence-corrected chi connectivity index (χ1v) is 13.4. The van der Waals surface area contributed by atoms with E-state index in [9.17, 15) is 14.4 Å². The van der Waals surface area contributed by atoms with E-state index >= 15 is 0 Å². The number of hydrogen-bond acceptors (Lipinski definition) is 5. The van der Waals surface area contributed by atoms with Crippen molar-refractivity contribution in [1.82, 2.24) is 0 Å². The summed E-state index contributed by atoms with van der Waals surface area (Å²) in [6.07, 6.45) is 8.73. The molecule has 0 heterocycles. The zero-order valence-electron chi connectivity index (χ0n) is 20.9. The fraction of sp³-hybridized carbons (Fsp3) is 0.889. The molecule has 0 bridgehead atoms. The van der Waals surface area contributed by atoms with Gasteiger partial charge in [0.25, 0.3) is 0 Å². The minimum absolute atomic E-state index is 0.0417. The molecule has 5 nitrogen and oxygen atoms in total. The van der Waals surface area contributed by atoms with E-state index in [-0.39, 0.29) is 46.1 Å². The Bertz CT molecular complexity index is 797. The summed E-state index contributed by atoms with van der Waals surface area (Å²) in [6, 6.07) is 0. The van der Waals surface area contributed by atoms with E-state index in [0.29, 0.717) is 36.0 Å². The van der Waals surface area contributed by atoms with Gasteiger partial charge in [0.15, 0.2) is 0 Å². The van der Waals surface area contributed by atoms with E-state index in [2.05, 4.69) is 20.8 Å². The van der Waals surface area contributed by atoms with Crippen LogP contribution in [0.5, 0.6) is 0 Å². The number of halogens is 1. The molecule has 0 aromatic rings. The molecule has 186 valence electrons. The molecule has 0 aromatic heterocycles. The summed E-state index contributed by atoms with van der Waals surface area (Å²) in [5.74, 6) is 2.32. The lowest BCUT2D eigenvalue weighted by molar-refractivity contribution is -0.197. The van der Waals surface area contributed by atoms with Crippen molar-refractivity contribution in [3.05, 3.63) is 0 Å². The summed E-state index contributed by atoms with van der Waals surface area (Å²) in [4.78, 5) is 35.5. The number of esters is 2. The van der Waals surface area contributed by atoms with Gasteiger partial charge in [-0.1, -0.05) is 20.8 Å². The summed E-state index contributed by atoms with van der Waals surface area (Å²) >= 11 is 5.79. The third-order valence-corrected chi connectivity index (χ3v) is 10.7. The molecule has 10 atom stereocenters. The highest BCUT2D eigenvalue weighted by Crippen LogP contribution is 2.69. The molecule has 4 rings (SSSR count). The van der Waals surface area contributed by atoms with Gasteiger partial charge in [-0.15, -0.1) is 0 Å². The Labute approximate surface area is 203 Å². The summed E-state index contributed by atoms with van der Waals surface area (Å²) in [6.45, 7) is 9.96. The molecule has 0 spiro atoms. The molecule has 0 aromatic carbocycles. The predicted molar refractivity (Wildman–Crippen MR) is 126 cm³/mol. The minimum atomic E-state index is -0.273. The second-order valence-corrected chi connectivity index (χ2v) is 12.5. The van der Waals surface area contributed by atoms with E-state index < -0.39 is 0 Å². The van der Waals surface area contributed by atoms with Crippen LogP contribution in [0.2, 0.25) is 0 Å². The molecule has 0 N–H and O–H groups in total. The maximum absolute atomic E-state index is 12.2. The first-order chi connectivity index (χ1) is 15.5. The number of carbonyl (C=O) groups is 3. The smallest absolute Gasteiger partial charge is 0.302 e. The lowest BCUT2D eigenvalue weighted by Crippen LogP contribution is -2.59. The average Bonchev–Trinajstić information content (AvgIpc) is 3.06. The van der Waals surface area contributed by atoms with Gasteiger partial charge in [0, 0.05) is 25.7 Å². The largest absolute Gasteiger partial charge is 0.463 e. The maximum atomic E-state index is 12.2. The van der Waals surface area contributed by atoms with Gasteiger partial charge in [-0.05, 0) is 104 Å². The molecular weight excluding hydrogens is 440 g/mol. The molecule has 4 aliphatic carbocycles. The Kier molecular flexibility index (Phi) is 6.95. The van der Waals surface area contributed by atoms with Gasteiger partial charge in [0.1, 0.15) is 12.2 Å². The Balaban J connectivity index is 1.62. The van der Waals surface area contributed by atoms with Crippen LogP contribution in [0.1, 0.15) is 92.4 Å². The Morgan fingerprint density at radius 3 is 2.27 bits per heavy atom. The summed E-state index contributed by atoms with van der Waals surface area (Å²) in [5, 5.41) is -0.273. The molecule has 33 heavy (non-hydrogen) atoms.